The maximum absolute atomic E-state index is 13.0. The van der Waals surface area contributed by atoms with Crippen LogP contribution in [-0.4, -0.2) is 19.1 Å². The molecule has 0 saturated heterocycles. The Balaban J connectivity index is 1.92. The summed E-state index contributed by atoms with van der Waals surface area (Å²) in [5.41, 5.74) is 5.93. The molecule has 1 heterocycles. The van der Waals surface area contributed by atoms with Crippen molar-refractivity contribution in [3.05, 3.63) is 82.4 Å². The highest BCUT2D eigenvalue weighted by molar-refractivity contribution is 5.93. The van der Waals surface area contributed by atoms with E-state index < -0.39 is 0 Å². The molecule has 3 aromatic carbocycles. The topological polar surface area (TPSA) is 38.8 Å². The number of anilines is 1. The Hall–Kier alpha value is -3.27. The highest BCUT2D eigenvalue weighted by atomic mass is 16.6. The molecule has 0 bridgehead atoms. The summed E-state index contributed by atoms with van der Waals surface area (Å²) in [5, 5.41) is 0. The second kappa shape index (κ2) is 8.23. The molecular formula is C26H27NO3. The number of hydrogen-bond acceptors (Lipinski definition) is 4. The zero-order valence-electron chi connectivity index (χ0n) is 18.0. The maximum Gasteiger partial charge on any atom is 0.343 e. The summed E-state index contributed by atoms with van der Waals surface area (Å²) in [6, 6.07) is 17.6. The lowest BCUT2D eigenvalue weighted by Gasteiger charge is -2.24. The fourth-order valence-corrected chi connectivity index (χ4v) is 4.06. The highest BCUT2D eigenvalue weighted by Crippen LogP contribution is 2.40. The number of ether oxygens (including phenoxy) is 2. The molecule has 0 unspecified atom stereocenters. The zero-order valence-corrected chi connectivity index (χ0v) is 18.0. The number of carbonyl (C=O) groups excluding carboxylic acids is 1. The first kappa shape index (κ1) is 20.0. The van der Waals surface area contributed by atoms with Gasteiger partial charge in [-0.05, 0) is 68.7 Å². The summed E-state index contributed by atoms with van der Waals surface area (Å²) in [6.07, 6.45) is 0.609. The average Bonchev–Trinajstić information content (AvgIpc) is 2.73. The van der Waals surface area contributed by atoms with Crippen LogP contribution in [0.1, 0.15) is 46.5 Å². The predicted octanol–water partition coefficient (Wildman–Crippen LogP) is 6.07. The Morgan fingerprint density at radius 2 is 1.63 bits per heavy atom. The quantitative estimate of drug-likeness (QED) is 0.395. The van der Waals surface area contributed by atoms with Gasteiger partial charge in [0.05, 0.1) is 5.56 Å². The average molecular weight is 402 g/mol. The van der Waals surface area contributed by atoms with Gasteiger partial charge in [-0.1, -0.05) is 24.3 Å². The van der Waals surface area contributed by atoms with Crippen LogP contribution in [0.5, 0.6) is 17.2 Å². The molecule has 0 radical (unpaired) electrons. The van der Waals surface area contributed by atoms with E-state index >= 15 is 0 Å². The van der Waals surface area contributed by atoms with E-state index in [1.165, 1.54) is 0 Å². The summed E-state index contributed by atoms with van der Waals surface area (Å²) < 4.78 is 12.2. The minimum atomic E-state index is -0.362. The van der Waals surface area contributed by atoms with Crippen molar-refractivity contribution in [2.45, 2.75) is 34.1 Å². The molecule has 0 atom stereocenters. The molecule has 0 amide bonds. The smallest absolute Gasteiger partial charge is 0.343 e. The van der Waals surface area contributed by atoms with Gasteiger partial charge in [-0.15, -0.1) is 0 Å². The monoisotopic (exact) mass is 401 g/mol. The molecule has 0 N–H and O–H groups in total. The minimum Gasteiger partial charge on any atom is -0.453 e. The van der Waals surface area contributed by atoms with E-state index in [-0.39, 0.29) is 5.97 Å². The second-order valence-electron chi connectivity index (χ2n) is 7.69. The van der Waals surface area contributed by atoms with Crippen LogP contribution in [0.15, 0.2) is 54.6 Å². The van der Waals surface area contributed by atoms with E-state index in [1.54, 1.807) is 0 Å². The number of benzene rings is 3. The van der Waals surface area contributed by atoms with Crippen LogP contribution in [0, 0.1) is 13.8 Å². The van der Waals surface area contributed by atoms with Crippen molar-refractivity contribution in [1.29, 1.82) is 0 Å². The number of fused-ring (bicyclic) bond motifs is 3. The molecule has 30 heavy (non-hydrogen) atoms. The lowest BCUT2D eigenvalue weighted by Crippen LogP contribution is -2.22. The van der Waals surface area contributed by atoms with E-state index in [0.717, 1.165) is 46.8 Å². The van der Waals surface area contributed by atoms with Crippen molar-refractivity contribution in [3.8, 4) is 17.2 Å². The minimum absolute atomic E-state index is 0.362. The summed E-state index contributed by atoms with van der Waals surface area (Å²) in [6.45, 7) is 10.2. The molecule has 0 fully saturated rings. The number of hydrogen-bond donors (Lipinski definition) is 0. The number of rotatable bonds is 3. The zero-order chi connectivity index (χ0) is 21.3. The fraction of sp³-hybridized carbons (Fsp3) is 0.269. The van der Waals surface area contributed by atoms with E-state index in [4.69, 9.17) is 9.47 Å². The van der Waals surface area contributed by atoms with Crippen LogP contribution >= 0.6 is 0 Å². The molecule has 4 nitrogen and oxygen atoms in total. The van der Waals surface area contributed by atoms with Crippen LogP contribution in [-0.2, 0) is 6.42 Å². The van der Waals surface area contributed by atoms with Crippen LogP contribution in [0.2, 0.25) is 0 Å². The van der Waals surface area contributed by atoms with Gasteiger partial charge < -0.3 is 14.4 Å². The molecule has 3 aromatic rings. The van der Waals surface area contributed by atoms with E-state index in [1.807, 2.05) is 42.5 Å². The first-order chi connectivity index (χ1) is 14.5. The first-order valence-corrected chi connectivity index (χ1v) is 10.5. The first-order valence-electron chi connectivity index (χ1n) is 10.5. The third-order valence-corrected chi connectivity index (χ3v) is 5.66. The van der Waals surface area contributed by atoms with Gasteiger partial charge in [0.1, 0.15) is 5.75 Å². The third kappa shape index (κ3) is 3.78. The van der Waals surface area contributed by atoms with Crippen LogP contribution in [0.25, 0.3) is 0 Å². The van der Waals surface area contributed by atoms with E-state index in [9.17, 15) is 4.79 Å². The lowest BCUT2D eigenvalue weighted by molar-refractivity contribution is 0.0729. The van der Waals surface area contributed by atoms with Gasteiger partial charge in [-0.25, -0.2) is 4.79 Å². The Morgan fingerprint density at radius 1 is 0.867 bits per heavy atom. The number of carbonyl (C=O) groups is 1. The largest absolute Gasteiger partial charge is 0.453 e. The van der Waals surface area contributed by atoms with Crippen molar-refractivity contribution >= 4 is 11.7 Å². The van der Waals surface area contributed by atoms with Gasteiger partial charge in [0, 0.05) is 36.8 Å². The summed E-state index contributed by atoms with van der Waals surface area (Å²) >= 11 is 0. The van der Waals surface area contributed by atoms with Gasteiger partial charge >= 0.3 is 5.97 Å². The van der Waals surface area contributed by atoms with Crippen molar-refractivity contribution < 1.29 is 14.3 Å². The molecule has 0 saturated carbocycles. The van der Waals surface area contributed by atoms with E-state index in [2.05, 4.69) is 44.7 Å². The second-order valence-corrected chi connectivity index (χ2v) is 7.69. The van der Waals surface area contributed by atoms with Gasteiger partial charge in [0.15, 0.2) is 11.5 Å². The lowest BCUT2D eigenvalue weighted by atomic mass is 9.94. The molecular weight excluding hydrogens is 374 g/mol. The Kier molecular flexibility index (Phi) is 5.49. The highest BCUT2D eigenvalue weighted by Gasteiger charge is 2.22. The van der Waals surface area contributed by atoms with Gasteiger partial charge in [0.2, 0.25) is 0 Å². The molecule has 1 aliphatic heterocycles. The fourth-order valence-electron chi connectivity index (χ4n) is 4.06. The van der Waals surface area contributed by atoms with Crippen molar-refractivity contribution in [2.24, 2.45) is 0 Å². The Bertz CT molecular complexity index is 1100. The van der Waals surface area contributed by atoms with Crippen molar-refractivity contribution in [1.82, 2.24) is 0 Å². The molecule has 0 aromatic heterocycles. The van der Waals surface area contributed by atoms with Gasteiger partial charge in [0.25, 0.3) is 0 Å². The van der Waals surface area contributed by atoms with Gasteiger partial charge in [-0.2, -0.15) is 0 Å². The Labute approximate surface area is 178 Å². The SMILES string of the molecule is CCN(CC)c1ccc2c(c1)Oc1cc(C)cc(C)c1Cc1ccccc1C(=O)O2. The third-order valence-electron chi connectivity index (χ3n) is 5.66. The normalized spacial score (nSPS) is 12.7. The standard InChI is InChI=1S/C26H27NO3/c1-5-27(6-2)20-11-12-23-25(16-20)29-24-14-17(3)13-18(4)22(24)15-19-9-7-8-10-21(19)26(28)30-23/h7-14,16H,5-6,15H2,1-4H3. The van der Waals surface area contributed by atoms with Crippen LogP contribution < -0.4 is 14.4 Å². The summed E-state index contributed by atoms with van der Waals surface area (Å²) in [7, 11) is 0. The molecule has 4 heteroatoms. The summed E-state index contributed by atoms with van der Waals surface area (Å²) in [4.78, 5) is 15.2. The predicted molar refractivity (Wildman–Crippen MR) is 120 cm³/mol. The van der Waals surface area contributed by atoms with E-state index in [0.29, 0.717) is 23.5 Å². The molecule has 4 rings (SSSR count). The van der Waals surface area contributed by atoms with Crippen LogP contribution in [0.3, 0.4) is 0 Å². The molecule has 0 spiro atoms. The van der Waals surface area contributed by atoms with Crippen LogP contribution in [0.4, 0.5) is 5.69 Å². The Morgan fingerprint density at radius 3 is 2.40 bits per heavy atom. The maximum atomic E-state index is 13.0. The summed E-state index contributed by atoms with van der Waals surface area (Å²) in [5.74, 6) is 1.42. The molecule has 154 valence electrons. The molecule has 1 aliphatic rings. The van der Waals surface area contributed by atoms with Crippen molar-refractivity contribution in [3.63, 3.8) is 0 Å². The van der Waals surface area contributed by atoms with Crippen molar-refractivity contribution in [2.75, 3.05) is 18.0 Å². The number of esters is 1. The number of aryl methyl sites for hydroxylation is 2. The molecule has 0 aliphatic carbocycles. The number of nitrogens with zero attached hydrogens (tertiary/aromatic N) is 1. The van der Waals surface area contributed by atoms with Gasteiger partial charge in [-0.3, -0.25) is 0 Å².